The van der Waals surface area contributed by atoms with Crippen LogP contribution in [-0.4, -0.2) is 34.6 Å². The van der Waals surface area contributed by atoms with E-state index in [0.717, 1.165) is 50.7 Å². The van der Waals surface area contributed by atoms with Crippen molar-refractivity contribution in [1.29, 1.82) is 0 Å². The highest BCUT2D eigenvalue weighted by Gasteiger charge is 2.70. The molecule has 5 aliphatic rings. The molecule has 4 fully saturated rings. The Morgan fingerprint density at radius 1 is 0.911 bits per heavy atom. The van der Waals surface area contributed by atoms with Gasteiger partial charge < -0.3 is 10.2 Å². The Balaban J connectivity index is 0.000000360. The zero-order chi connectivity index (χ0) is 34.2. The number of hydrogen-bond acceptors (Lipinski definition) is 5. The number of amides is 1. The Morgan fingerprint density at radius 3 is 2.04 bits per heavy atom. The first kappa shape index (κ1) is 35.9. The number of carbonyl (C=O) groups is 3. The van der Waals surface area contributed by atoms with Crippen molar-refractivity contribution in [1.82, 2.24) is 5.32 Å². The minimum Gasteiger partial charge on any atom is -0.343 e. The number of allylic oxidation sites excluding steroid dienone is 1. The fourth-order valence-electron chi connectivity index (χ4n) is 11.6. The van der Waals surface area contributed by atoms with Crippen molar-refractivity contribution in [3.05, 3.63) is 11.1 Å². The SMILES string of the molecule is CC(=O)NC(C)(C)C(F)(F)F.CC(C)C1=C2[C@H]3CC[C@@H]4[C@@]5(C)CCCC(C)(C)[C@@H]5CC[C@@]4(C)[C@]3(C)CC[C@@]2(C(=O)OO)CC1=O. The van der Waals surface area contributed by atoms with Crippen molar-refractivity contribution < 1.29 is 37.7 Å². The molecule has 2 N–H and O–H groups in total. The Kier molecular flexibility index (Phi) is 9.08. The summed E-state index contributed by atoms with van der Waals surface area (Å²) in [5, 5.41) is 11.3. The smallest absolute Gasteiger partial charge is 0.343 e. The van der Waals surface area contributed by atoms with Crippen LogP contribution in [0, 0.1) is 50.7 Å². The molecule has 5 rings (SSSR count). The van der Waals surface area contributed by atoms with Gasteiger partial charge in [-0.3, -0.25) is 9.59 Å². The van der Waals surface area contributed by atoms with Gasteiger partial charge in [0, 0.05) is 13.3 Å². The second-order valence-electron chi connectivity index (χ2n) is 17.3. The van der Waals surface area contributed by atoms with Gasteiger partial charge in [-0.1, -0.05) is 54.9 Å². The maximum absolute atomic E-state index is 13.3. The zero-order valence-electron chi connectivity index (χ0n) is 29.1. The second-order valence-corrected chi connectivity index (χ2v) is 17.3. The molecule has 0 aliphatic heterocycles. The summed E-state index contributed by atoms with van der Waals surface area (Å²) in [6, 6.07) is 0. The summed E-state index contributed by atoms with van der Waals surface area (Å²) in [6.45, 7) is 19.7. The fourth-order valence-corrected chi connectivity index (χ4v) is 11.6. The van der Waals surface area contributed by atoms with E-state index in [2.05, 4.69) is 53.4 Å². The Morgan fingerprint density at radius 2 is 1.53 bits per heavy atom. The minimum absolute atomic E-state index is 0.0464. The molecule has 7 atom stereocenters. The van der Waals surface area contributed by atoms with Crippen LogP contribution in [0.4, 0.5) is 13.2 Å². The molecule has 0 aromatic heterocycles. The molecule has 0 unspecified atom stereocenters. The number of ketones is 1. The molecule has 4 saturated carbocycles. The summed E-state index contributed by atoms with van der Waals surface area (Å²) in [6.07, 6.45) is 6.06. The number of nitrogens with one attached hydrogen (secondary N) is 1. The molecule has 6 nitrogen and oxygen atoms in total. The number of carbonyl (C=O) groups excluding carboxylic acids is 3. The molecule has 0 aromatic carbocycles. The van der Waals surface area contributed by atoms with Gasteiger partial charge in [-0.2, -0.15) is 18.4 Å². The summed E-state index contributed by atoms with van der Waals surface area (Å²) in [7, 11) is 0. The quantitative estimate of drug-likeness (QED) is 0.238. The number of hydrogen-bond donors (Lipinski definition) is 2. The third kappa shape index (κ3) is 5.39. The van der Waals surface area contributed by atoms with Crippen LogP contribution in [0.1, 0.15) is 133 Å². The van der Waals surface area contributed by atoms with E-state index in [1.54, 1.807) is 5.32 Å². The van der Waals surface area contributed by atoms with Crippen molar-refractivity contribution in [3.63, 3.8) is 0 Å². The van der Waals surface area contributed by atoms with Gasteiger partial charge in [-0.25, -0.2) is 4.79 Å². The molecule has 45 heavy (non-hydrogen) atoms. The minimum atomic E-state index is -4.40. The maximum Gasteiger partial charge on any atom is 0.410 e. The van der Waals surface area contributed by atoms with Crippen molar-refractivity contribution in [3.8, 4) is 0 Å². The molecule has 0 aromatic rings. The number of halogens is 3. The molecular weight excluding hydrogens is 583 g/mol. The van der Waals surface area contributed by atoms with Gasteiger partial charge in [-0.15, -0.1) is 0 Å². The predicted molar refractivity (Wildman–Crippen MR) is 167 cm³/mol. The summed E-state index contributed by atoms with van der Waals surface area (Å²) < 4.78 is 35.9. The summed E-state index contributed by atoms with van der Waals surface area (Å²) in [5.41, 5.74) is -0.175. The number of alkyl halides is 3. The Bertz CT molecular complexity index is 1250. The molecule has 256 valence electrons. The van der Waals surface area contributed by atoms with Crippen LogP contribution in [-0.2, 0) is 19.3 Å². The molecule has 1 amide bonds. The maximum atomic E-state index is 13.3. The molecular formula is C36H56F3NO5. The number of fused-ring (bicyclic) bond motifs is 7. The lowest BCUT2D eigenvalue weighted by Crippen LogP contribution is -2.64. The third-order valence-corrected chi connectivity index (χ3v) is 13.8. The van der Waals surface area contributed by atoms with E-state index >= 15 is 0 Å². The van der Waals surface area contributed by atoms with Crippen LogP contribution < -0.4 is 5.32 Å². The van der Waals surface area contributed by atoms with Gasteiger partial charge >= 0.3 is 12.1 Å². The first-order valence-electron chi connectivity index (χ1n) is 16.9. The first-order chi connectivity index (χ1) is 20.4. The van der Waals surface area contributed by atoms with Crippen LogP contribution in [0.5, 0.6) is 0 Å². The van der Waals surface area contributed by atoms with E-state index in [0.29, 0.717) is 23.2 Å². The van der Waals surface area contributed by atoms with Gasteiger partial charge in [0.05, 0.1) is 0 Å². The van der Waals surface area contributed by atoms with Crippen LogP contribution in [0.15, 0.2) is 11.1 Å². The monoisotopic (exact) mass is 639 g/mol. The highest BCUT2D eigenvalue weighted by molar-refractivity contribution is 6.05. The molecule has 0 bridgehead atoms. The van der Waals surface area contributed by atoms with Crippen LogP contribution in [0.25, 0.3) is 0 Å². The molecule has 0 radical (unpaired) electrons. The predicted octanol–water partition coefficient (Wildman–Crippen LogP) is 8.84. The van der Waals surface area contributed by atoms with E-state index in [-0.39, 0.29) is 34.9 Å². The topological polar surface area (TPSA) is 92.7 Å². The van der Waals surface area contributed by atoms with E-state index in [9.17, 15) is 32.8 Å². The average molecular weight is 640 g/mol. The van der Waals surface area contributed by atoms with E-state index in [1.807, 2.05) is 0 Å². The highest BCUT2D eigenvalue weighted by Crippen LogP contribution is 2.76. The Hall–Kier alpha value is -1.90. The van der Waals surface area contributed by atoms with E-state index < -0.39 is 29.0 Å². The van der Waals surface area contributed by atoms with Gasteiger partial charge in [-0.05, 0) is 122 Å². The summed E-state index contributed by atoms with van der Waals surface area (Å²) >= 11 is 0. The lowest BCUT2D eigenvalue weighted by atomic mass is 9.33. The van der Waals surface area contributed by atoms with Crippen molar-refractivity contribution in [2.24, 2.45) is 50.7 Å². The van der Waals surface area contributed by atoms with Crippen LogP contribution >= 0.6 is 0 Å². The van der Waals surface area contributed by atoms with Crippen molar-refractivity contribution in [2.45, 2.75) is 145 Å². The van der Waals surface area contributed by atoms with Gasteiger partial charge in [0.1, 0.15) is 11.0 Å². The average Bonchev–Trinajstić information content (AvgIpc) is 3.20. The van der Waals surface area contributed by atoms with Crippen molar-refractivity contribution in [2.75, 3.05) is 0 Å². The highest BCUT2D eigenvalue weighted by atomic mass is 19.4. The largest absolute Gasteiger partial charge is 0.410 e. The number of rotatable bonds is 3. The van der Waals surface area contributed by atoms with Gasteiger partial charge in [0.15, 0.2) is 5.78 Å². The van der Waals surface area contributed by atoms with E-state index in [1.165, 1.54) is 38.5 Å². The summed E-state index contributed by atoms with van der Waals surface area (Å²) in [5.74, 6) is 0.544. The van der Waals surface area contributed by atoms with Crippen LogP contribution in [0.2, 0.25) is 0 Å². The van der Waals surface area contributed by atoms with E-state index in [4.69, 9.17) is 0 Å². The second kappa shape index (κ2) is 11.4. The van der Waals surface area contributed by atoms with Crippen molar-refractivity contribution >= 4 is 17.7 Å². The zero-order valence-corrected chi connectivity index (χ0v) is 29.1. The van der Waals surface area contributed by atoms with Crippen LogP contribution in [0.3, 0.4) is 0 Å². The third-order valence-electron chi connectivity index (χ3n) is 13.8. The van der Waals surface area contributed by atoms with Gasteiger partial charge in [0.25, 0.3) is 0 Å². The lowest BCUT2D eigenvalue weighted by Gasteiger charge is -2.71. The lowest BCUT2D eigenvalue weighted by molar-refractivity contribution is -0.250. The standard InChI is InChI=1S/C30H46O4.C6H10F3NO/c1-18(2)23-20(31)17-30(25(32)34-33)16-15-28(6)19(24(23)30)9-10-22-27(5)13-8-12-26(3,4)21(27)11-14-29(22,28)7;1-4(11)10-5(2,3)6(7,8)9/h18-19,21-22,33H,8-17H2,1-7H3;1-3H3,(H,10,11)/t19-,21+,22-,27+,28-,29-,30-;/m1./s1. The normalized spacial score (nSPS) is 39.1. The van der Waals surface area contributed by atoms with Gasteiger partial charge in [0.2, 0.25) is 5.91 Å². The molecule has 0 heterocycles. The molecule has 9 heteroatoms. The molecule has 0 saturated heterocycles. The summed E-state index contributed by atoms with van der Waals surface area (Å²) in [4.78, 5) is 41.1. The fraction of sp³-hybridized carbons (Fsp3) is 0.861. The Labute approximate surface area is 267 Å². The molecule has 5 aliphatic carbocycles. The molecule has 0 spiro atoms. The first-order valence-corrected chi connectivity index (χ1v) is 16.9. The number of Topliss-reactive ketones (excluding diaryl/α,β-unsaturated/α-hetero) is 1.